The number of rotatable bonds is 2. The van der Waals surface area contributed by atoms with E-state index in [0.29, 0.717) is 12.0 Å². The highest BCUT2D eigenvalue weighted by Gasteiger charge is 2.48. The predicted molar refractivity (Wildman–Crippen MR) is 114 cm³/mol. The number of anilines is 1. The third-order valence-corrected chi connectivity index (χ3v) is 9.84. The van der Waals surface area contributed by atoms with E-state index in [-0.39, 0.29) is 0 Å². The Hall–Kier alpha value is -1.18. The summed E-state index contributed by atoms with van der Waals surface area (Å²) >= 11 is 0. The molecule has 2 heterocycles. The van der Waals surface area contributed by atoms with Gasteiger partial charge in [0.15, 0.2) is 10.1 Å². The number of fused-ring (bicyclic) bond motifs is 3. The van der Waals surface area contributed by atoms with Crippen LogP contribution in [0.25, 0.3) is 0 Å². The van der Waals surface area contributed by atoms with E-state index in [1.165, 1.54) is 18.7 Å². The van der Waals surface area contributed by atoms with Crippen LogP contribution in [0.1, 0.15) is 17.9 Å². The highest BCUT2D eigenvalue weighted by atomic mass is 32.2. The molecule has 3 rings (SSSR count). The number of halogens is 3. The van der Waals surface area contributed by atoms with E-state index in [4.69, 9.17) is 13.0 Å². The van der Waals surface area contributed by atoms with Crippen LogP contribution in [0.2, 0.25) is 39.3 Å². The van der Waals surface area contributed by atoms with Crippen molar-refractivity contribution in [2.24, 2.45) is 0 Å². The normalized spacial score (nSPS) is 22.3. The first-order valence-corrected chi connectivity index (χ1v) is 17.8. The van der Waals surface area contributed by atoms with Gasteiger partial charge >= 0.3 is 13.7 Å². The summed E-state index contributed by atoms with van der Waals surface area (Å²) in [6, 6.07) is 9.73. The first kappa shape index (κ1) is 24.1. The van der Waals surface area contributed by atoms with Crippen molar-refractivity contribution < 1.29 is 30.4 Å². The zero-order valence-corrected chi connectivity index (χ0v) is 20.4. The van der Waals surface area contributed by atoms with Crippen molar-refractivity contribution in [3.05, 3.63) is 29.8 Å². The second-order valence-corrected chi connectivity index (χ2v) is 20.5. The van der Waals surface area contributed by atoms with Crippen molar-refractivity contribution in [1.82, 2.24) is 0 Å². The average Bonchev–Trinajstić information content (AvgIpc) is 2.86. The van der Waals surface area contributed by atoms with E-state index < -0.39 is 32.1 Å². The zero-order chi connectivity index (χ0) is 22.4. The molecule has 2 unspecified atom stereocenters. The molecule has 1 aromatic carbocycles. The quantitative estimate of drug-likeness (QED) is 0.373. The van der Waals surface area contributed by atoms with Crippen molar-refractivity contribution in [3.63, 3.8) is 0 Å². The Morgan fingerprint density at radius 1 is 1.10 bits per heavy atom. The molecule has 5 nitrogen and oxygen atoms in total. The molecule has 0 aromatic heterocycles. The fourth-order valence-electron chi connectivity index (χ4n) is 3.95. The molecule has 2 atom stereocenters. The van der Waals surface area contributed by atoms with Crippen LogP contribution in [0.15, 0.2) is 24.3 Å². The highest BCUT2D eigenvalue weighted by molar-refractivity contribution is 7.86. The van der Waals surface area contributed by atoms with Gasteiger partial charge in [-0.25, -0.2) is 8.42 Å². The minimum absolute atomic E-state index is 0.592. The number of alkyl halides is 3. The molecule has 0 amide bonds. The Morgan fingerprint density at radius 2 is 1.62 bits per heavy atom. The summed E-state index contributed by atoms with van der Waals surface area (Å²) < 4.78 is 64.4. The molecule has 0 radical (unpaired) electrons. The molecule has 0 aliphatic carbocycles. The molecule has 164 valence electrons. The van der Waals surface area contributed by atoms with Gasteiger partial charge in [0.05, 0.1) is 0 Å². The molecular formula is C18H29F3N2O3SSi2. The van der Waals surface area contributed by atoms with E-state index in [1.54, 1.807) is 5.56 Å². The van der Waals surface area contributed by atoms with Gasteiger partial charge in [0.1, 0.15) is 27.0 Å². The van der Waals surface area contributed by atoms with Crippen LogP contribution in [0, 0.1) is 0 Å². The maximum Gasteiger partial charge on any atom is 0.485 e. The van der Waals surface area contributed by atoms with Crippen molar-refractivity contribution in [3.8, 4) is 0 Å². The number of para-hydroxylation sites is 1. The van der Waals surface area contributed by atoms with Crippen LogP contribution < -0.4 is 4.57 Å². The van der Waals surface area contributed by atoms with Crippen LogP contribution in [0.3, 0.4) is 0 Å². The second-order valence-electron chi connectivity index (χ2n) is 9.40. The molecule has 0 N–H and O–H groups in total. The van der Waals surface area contributed by atoms with Crippen molar-refractivity contribution in [2.75, 3.05) is 11.1 Å². The van der Waals surface area contributed by atoms with Gasteiger partial charge in [-0.05, 0) is 31.3 Å². The SMILES string of the molecule is C[Si](C)(C)N1c2ccccc2C2CC[N+]([Si](C)(C)C)=CC21.O=S(=O)([O-])C(F)(F)F. The molecule has 1 aromatic rings. The molecule has 2 aliphatic heterocycles. The third-order valence-electron chi connectivity index (χ3n) is 5.19. The summed E-state index contributed by atoms with van der Waals surface area (Å²) in [6.45, 7) is 16.1. The first-order valence-electron chi connectivity index (χ1n) is 9.47. The van der Waals surface area contributed by atoms with E-state index >= 15 is 0 Å². The third kappa shape index (κ3) is 5.30. The summed E-state index contributed by atoms with van der Waals surface area (Å²) in [5.74, 6) is 0.709. The Morgan fingerprint density at radius 3 is 2.07 bits per heavy atom. The van der Waals surface area contributed by atoms with E-state index in [1.807, 2.05) is 0 Å². The minimum Gasteiger partial charge on any atom is -0.741 e. The van der Waals surface area contributed by atoms with Crippen molar-refractivity contribution >= 4 is 38.5 Å². The van der Waals surface area contributed by atoms with Gasteiger partial charge in [0.2, 0.25) is 0 Å². The van der Waals surface area contributed by atoms with Gasteiger partial charge in [-0.15, -0.1) is 0 Å². The van der Waals surface area contributed by atoms with Gasteiger partial charge in [-0.2, -0.15) is 13.2 Å². The summed E-state index contributed by atoms with van der Waals surface area (Å²) in [5.41, 5.74) is -2.54. The van der Waals surface area contributed by atoms with Gasteiger partial charge in [-0.3, -0.25) is 0 Å². The largest absolute Gasteiger partial charge is 0.741 e. The van der Waals surface area contributed by atoms with Gasteiger partial charge in [0.25, 0.3) is 0 Å². The number of nitrogens with zero attached hydrogens (tertiary/aromatic N) is 2. The van der Waals surface area contributed by atoms with Crippen molar-refractivity contribution in [2.45, 2.75) is 63.2 Å². The fraction of sp³-hybridized carbons (Fsp3) is 0.611. The maximum absolute atomic E-state index is 10.7. The monoisotopic (exact) mass is 466 g/mol. The van der Waals surface area contributed by atoms with Gasteiger partial charge in [-0.1, -0.05) is 37.8 Å². The number of hydrogen-bond donors (Lipinski definition) is 0. The molecule has 0 saturated carbocycles. The Labute approximate surface area is 173 Å². The molecule has 0 fully saturated rings. The fourth-order valence-corrected chi connectivity index (χ4v) is 7.41. The topological polar surface area (TPSA) is 63.5 Å². The van der Waals surface area contributed by atoms with Crippen LogP contribution in [-0.2, 0) is 10.1 Å². The zero-order valence-electron chi connectivity index (χ0n) is 17.6. The molecule has 0 saturated heterocycles. The number of hydrogen-bond acceptors (Lipinski definition) is 4. The standard InChI is InChI=1S/C17H29N2Si2.CHF3O3S/c1-20(2,3)18-12-11-15-14-9-7-8-10-16(14)19(17(15)13-18)21(4,5)6;2-1(3,4)8(5,6)7/h7-10,13,15,17H,11-12H2,1-6H3;(H,5,6,7)/q+1;/p-1. The molecule has 0 bridgehead atoms. The van der Waals surface area contributed by atoms with E-state index in [2.05, 4.69) is 78.6 Å². The Kier molecular flexibility index (Phi) is 6.50. The molecule has 11 heteroatoms. The second kappa shape index (κ2) is 7.82. The van der Waals surface area contributed by atoms with E-state index in [9.17, 15) is 13.2 Å². The van der Waals surface area contributed by atoms with Crippen molar-refractivity contribution in [1.29, 1.82) is 0 Å². The predicted octanol–water partition coefficient (Wildman–Crippen LogP) is 4.17. The average molecular weight is 467 g/mol. The number of benzene rings is 1. The lowest BCUT2D eigenvalue weighted by molar-refractivity contribution is -0.402. The maximum atomic E-state index is 10.7. The van der Waals surface area contributed by atoms with Gasteiger partial charge in [0, 0.05) is 18.0 Å². The smallest absolute Gasteiger partial charge is 0.485 e. The summed E-state index contributed by atoms with van der Waals surface area (Å²) in [5, 5.41) is 0. The van der Waals surface area contributed by atoms with Crippen LogP contribution in [-0.4, -0.2) is 58.0 Å². The molecule has 29 heavy (non-hydrogen) atoms. The Bertz CT molecular complexity index is 891. The first-order chi connectivity index (χ1) is 12.9. The summed E-state index contributed by atoms with van der Waals surface area (Å²) in [6.07, 6.45) is 3.90. The highest BCUT2D eigenvalue weighted by Crippen LogP contribution is 2.45. The van der Waals surface area contributed by atoms with Crippen LogP contribution in [0.5, 0.6) is 0 Å². The lowest BCUT2D eigenvalue weighted by Crippen LogP contribution is -2.56. The summed E-state index contributed by atoms with van der Waals surface area (Å²) in [7, 11) is -8.71. The van der Waals surface area contributed by atoms with Gasteiger partial charge < -0.3 is 13.4 Å². The lowest BCUT2D eigenvalue weighted by Gasteiger charge is -2.39. The van der Waals surface area contributed by atoms with E-state index in [0.717, 1.165) is 0 Å². The van der Waals surface area contributed by atoms with Crippen LogP contribution >= 0.6 is 0 Å². The summed E-state index contributed by atoms with van der Waals surface area (Å²) in [4.78, 5) is 0. The lowest BCUT2D eigenvalue weighted by atomic mass is 9.91. The Balaban J connectivity index is 0.000000321. The van der Waals surface area contributed by atoms with Crippen LogP contribution in [0.4, 0.5) is 18.9 Å². The molecular weight excluding hydrogens is 437 g/mol. The minimum atomic E-state index is -6.09. The molecule has 2 aliphatic rings. The molecule has 0 spiro atoms.